The van der Waals surface area contributed by atoms with Crippen LogP contribution in [0.5, 0.6) is 0 Å². The van der Waals surface area contributed by atoms with Gasteiger partial charge in [-0.3, -0.25) is 9.59 Å². The smallest absolute Gasteiger partial charge is 0.410 e. The van der Waals surface area contributed by atoms with Gasteiger partial charge in [-0.05, 0) is 51.7 Å². The number of aryl methyl sites for hydroxylation is 1. The lowest BCUT2D eigenvalue weighted by Crippen LogP contribution is -2.43. The number of hydrogen-bond donors (Lipinski definition) is 0. The van der Waals surface area contributed by atoms with Gasteiger partial charge in [-0.1, -0.05) is 24.3 Å². The first kappa shape index (κ1) is 22.7. The third kappa shape index (κ3) is 7.07. The van der Waals surface area contributed by atoms with Crippen molar-refractivity contribution in [1.29, 1.82) is 0 Å². The van der Waals surface area contributed by atoms with E-state index >= 15 is 0 Å². The van der Waals surface area contributed by atoms with E-state index in [1.54, 1.807) is 16.8 Å². The van der Waals surface area contributed by atoms with E-state index in [0.717, 1.165) is 11.1 Å². The highest BCUT2D eigenvalue weighted by Crippen LogP contribution is 2.21. The Balaban J connectivity index is 1.75. The molecule has 0 aromatic heterocycles. The van der Waals surface area contributed by atoms with Gasteiger partial charge >= 0.3 is 12.1 Å². The summed E-state index contributed by atoms with van der Waals surface area (Å²) in [6.07, 6.45) is 0.647. The number of piperidine rings is 1. The molecule has 0 bridgehead atoms. The van der Waals surface area contributed by atoms with E-state index in [1.807, 2.05) is 52.0 Å². The van der Waals surface area contributed by atoms with E-state index in [4.69, 9.17) is 9.47 Å². The number of nitrogens with zero attached hydrogens (tertiary/aromatic N) is 2. The molecule has 0 unspecified atom stereocenters. The summed E-state index contributed by atoms with van der Waals surface area (Å²) in [6, 6.07) is 7.86. The number of esters is 1. The second kappa shape index (κ2) is 9.76. The maximum atomic E-state index is 12.3. The van der Waals surface area contributed by atoms with Crippen LogP contribution < -0.4 is 0 Å². The molecule has 7 heteroatoms. The molecule has 1 aliphatic heterocycles. The fraction of sp³-hybridized carbons (Fsp3) is 0.591. The second-order valence-corrected chi connectivity index (χ2v) is 8.53. The Labute approximate surface area is 172 Å². The zero-order valence-electron chi connectivity index (χ0n) is 18.1. The van der Waals surface area contributed by atoms with Crippen molar-refractivity contribution in [1.82, 2.24) is 9.80 Å². The lowest BCUT2D eigenvalue weighted by atomic mass is 9.97. The zero-order chi connectivity index (χ0) is 21.6. The molecule has 29 heavy (non-hydrogen) atoms. The Kier molecular flexibility index (Phi) is 7.65. The normalized spacial score (nSPS) is 15.0. The number of likely N-dealkylation sites (N-methyl/N-ethyl adjacent to an activating group) is 1. The monoisotopic (exact) mass is 404 g/mol. The van der Waals surface area contributed by atoms with Gasteiger partial charge < -0.3 is 19.3 Å². The van der Waals surface area contributed by atoms with Crippen molar-refractivity contribution in [3.63, 3.8) is 0 Å². The zero-order valence-corrected chi connectivity index (χ0v) is 18.1. The first-order valence-corrected chi connectivity index (χ1v) is 10.00. The summed E-state index contributed by atoms with van der Waals surface area (Å²) in [5, 5.41) is 0. The van der Waals surface area contributed by atoms with Crippen LogP contribution in [0.3, 0.4) is 0 Å². The van der Waals surface area contributed by atoms with Gasteiger partial charge in [0.05, 0.1) is 5.92 Å². The minimum atomic E-state index is -0.544. The number of hydrogen-bond acceptors (Lipinski definition) is 5. The summed E-state index contributed by atoms with van der Waals surface area (Å²) in [4.78, 5) is 39.9. The van der Waals surface area contributed by atoms with Crippen LogP contribution in [0.1, 0.15) is 44.7 Å². The molecule has 1 aromatic rings. The number of ether oxygens (including phenoxy) is 2. The minimum absolute atomic E-state index is 0.243. The lowest BCUT2D eigenvalue weighted by molar-refractivity contribution is -0.156. The third-order valence-electron chi connectivity index (χ3n) is 4.91. The summed E-state index contributed by atoms with van der Waals surface area (Å²) >= 11 is 0. The molecule has 0 N–H and O–H groups in total. The van der Waals surface area contributed by atoms with Crippen molar-refractivity contribution in [2.45, 2.75) is 52.7 Å². The fourth-order valence-electron chi connectivity index (χ4n) is 3.12. The van der Waals surface area contributed by atoms with Crippen LogP contribution in [0, 0.1) is 12.8 Å². The predicted molar refractivity (Wildman–Crippen MR) is 109 cm³/mol. The standard InChI is InChI=1S/C22H32N2O5/c1-16-8-6-7-9-18(16)14-23(5)19(25)15-28-20(26)17-10-12-24(13-11-17)21(27)29-22(2,3)4/h6-9,17H,10-15H2,1-5H3. The predicted octanol–water partition coefficient (Wildman–Crippen LogP) is 3.14. The fourth-order valence-corrected chi connectivity index (χ4v) is 3.12. The highest BCUT2D eigenvalue weighted by atomic mass is 16.6. The molecule has 1 heterocycles. The van der Waals surface area contributed by atoms with Crippen molar-refractivity contribution in [3.8, 4) is 0 Å². The van der Waals surface area contributed by atoms with Crippen LogP contribution in [-0.2, 0) is 25.6 Å². The highest BCUT2D eigenvalue weighted by Gasteiger charge is 2.31. The van der Waals surface area contributed by atoms with E-state index in [0.29, 0.717) is 32.5 Å². The molecule has 1 aromatic carbocycles. The van der Waals surface area contributed by atoms with Gasteiger partial charge in [0.2, 0.25) is 0 Å². The maximum absolute atomic E-state index is 12.3. The molecule has 7 nitrogen and oxygen atoms in total. The van der Waals surface area contributed by atoms with Gasteiger partial charge in [0, 0.05) is 26.7 Å². The Morgan fingerprint density at radius 2 is 1.76 bits per heavy atom. The molecular weight excluding hydrogens is 372 g/mol. The Hall–Kier alpha value is -2.57. The number of carbonyl (C=O) groups excluding carboxylic acids is 3. The number of carbonyl (C=O) groups is 3. The molecule has 0 spiro atoms. The van der Waals surface area contributed by atoms with Crippen LogP contribution in [0.4, 0.5) is 4.79 Å². The Morgan fingerprint density at radius 1 is 1.14 bits per heavy atom. The van der Waals surface area contributed by atoms with Crippen molar-refractivity contribution >= 4 is 18.0 Å². The third-order valence-corrected chi connectivity index (χ3v) is 4.91. The average Bonchev–Trinajstić information content (AvgIpc) is 2.66. The summed E-state index contributed by atoms with van der Waals surface area (Å²) in [6.45, 7) is 8.54. The van der Waals surface area contributed by atoms with Gasteiger partial charge in [-0.25, -0.2) is 4.79 Å². The van der Waals surface area contributed by atoms with Gasteiger partial charge in [-0.15, -0.1) is 0 Å². The minimum Gasteiger partial charge on any atom is -0.455 e. The second-order valence-electron chi connectivity index (χ2n) is 8.53. The van der Waals surface area contributed by atoms with Crippen molar-refractivity contribution in [3.05, 3.63) is 35.4 Å². The summed E-state index contributed by atoms with van der Waals surface area (Å²) in [5.41, 5.74) is 1.63. The van der Waals surface area contributed by atoms with Crippen molar-refractivity contribution in [2.75, 3.05) is 26.7 Å². The van der Waals surface area contributed by atoms with Gasteiger partial charge in [-0.2, -0.15) is 0 Å². The number of benzene rings is 1. The average molecular weight is 405 g/mol. The molecule has 0 radical (unpaired) electrons. The van der Waals surface area contributed by atoms with Crippen molar-refractivity contribution in [2.24, 2.45) is 5.92 Å². The Bertz CT molecular complexity index is 733. The molecular formula is C22H32N2O5. The molecule has 160 valence electrons. The lowest BCUT2D eigenvalue weighted by Gasteiger charge is -2.32. The number of rotatable bonds is 5. The summed E-state index contributed by atoms with van der Waals surface area (Å²) in [5.74, 6) is -0.928. The quantitative estimate of drug-likeness (QED) is 0.705. The SMILES string of the molecule is Cc1ccccc1CN(C)C(=O)COC(=O)C1CCN(C(=O)OC(C)(C)C)CC1. The van der Waals surface area contributed by atoms with E-state index in [9.17, 15) is 14.4 Å². The maximum Gasteiger partial charge on any atom is 0.410 e. The van der Waals surface area contributed by atoms with Crippen molar-refractivity contribution < 1.29 is 23.9 Å². The molecule has 0 atom stereocenters. The molecule has 0 aliphatic carbocycles. The molecule has 1 fully saturated rings. The van der Waals surface area contributed by atoms with Crippen LogP contribution in [0.25, 0.3) is 0 Å². The van der Waals surface area contributed by atoms with E-state index < -0.39 is 5.60 Å². The largest absolute Gasteiger partial charge is 0.455 e. The molecule has 1 saturated heterocycles. The van der Waals surface area contributed by atoms with Crippen LogP contribution >= 0.6 is 0 Å². The van der Waals surface area contributed by atoms with Gasteiger partial charge in [0.25, 0.3) is 5.91 Å². The van der Waals surface area contributed by atoms with Crippen LogP contribution in [-0.4, -0.2) is 60.1 Å². The van der Waals surface area contributed by atoms with E-state index in [-0.39, 0.29) is 30.5 Å². The highest BCUT2D eigenvalue weighted by molar-refractivity contribution is 5.81. The molecule has 2 rings (SSSR count). The first-order chi connectivity index (χ1) is 13.6. The molecule has 1 aliphatic rings. The van der Waals surface area contributed by atoms with E-state index in [1.165, 1.54) is 0 Å². The summed E-state index contributed by atoms with van der Waals surface area (Å²) < 4.78 is 10.6. The summed E-state index contributed by atoms with van der Waals surface area (Å²) in [7, 11) is 1.70. The Morgan fingerprint density at radius 3 is 2.34 bits per heavy atom. The van der Waals surface area contributed by atoms with Crippen LogP contribution in [0.2, 0.25) is 0 Å². The number of amides is 2. The van der Waals surface area contributed by atoms with E-state index in [2.05, 4.69) is 0 Å². The van der Waals surface area contributed by atoms with Crippen LogP contribution in [0.15, 0.2) is 24.3 Å². The molecule has 2 amide bonds. The van der Waals surface area contributed by atoms with Gasteiger partial charge in [0.1, 0.15) is 5.60 Å². The topological polar surface area (TPSA) is 76.2 Å². The first-order valence-electron chi connectivity index (χ1n) is 10.00. The molecule has 0 saturated carbocycles. The number of likely N-dealkylation sites (tertiary alicyclic amines) is 1. The van der Waals surface area contributed by atoms with Gasteiger partial charge in [0.15, 0.2) is 6.61 Å².